The molecule has 0 bridgehead atoms. The van der Waals surface area contributed by atoms with Gasteiger partial charge >= 0.3 is 5.97 Å². The molecule has 0 saturated heterocycles. The highest BCUT2D eigenvalue weighted by atomic mass is 16.5. The van der Waals surface area contributed by atoms with Crippen LogP contribution in [0.5, 0.6) is 0 Å². The van der Waals surface area contributed by atoms with Crippen molar-refractivity contribution in [2.24, 2.45) is 5.92 Å². The Kier molecular flexibility index (Phi) is 3.39. The van der Waals surface area contributed by atoms with Gasteiger partial charge in [-0.25, -0.2) is 9.89 Å². The SMILES string of the molecule is CC(C)COC(=O)c1cn[nH]c(=O)c1. The molecule has 1 aromatic heterocycles. The van der Waals surface area contributed by atoms with Crippen LogP contribution >= 0.6 is 0 Å². The summed E-state index contributed by atoms with van der Waals surface area (Å²) in [6.07, 6.45) is 1.27. The number of nitrogens with zero attached hydrogens (tertiary/aromatic N) is 1. The average Bonchev–Trinajstić information content (AvgIpc) is 2.14. The summed E-state index contributed by atoms with van der Waals surface area (Å²) in [5.74, 6) is -0.244. The number of carbonyl (C=O) groups excluding carboxylic acids is 1. The zero-order valence-electron chi connectivity index (χ0n) is 8.11. The van der Waals surface area contributed by atoms with Gasteiger partial charge in [-0.15, -0.1) is 0 Å². The number of ether oxygens (including phenoxy) is 1. The lowest BCUT2D eigenvalue weighted by atomic mass is 10.2. The summed E-state index contributed by atoms with van der Waals surface area (Å²) < 4.78 is 4.91. The molecule has 5 nitrogen and oxygen atoms in total. The molecular weight excluding hydrogens is 184 g/mol. The molecule has 0 aliphatic rings. The lowest BCUT2D eigenvalue weighted by Crippen LogP contribution is -2.15. The summed E-state index contributed by atoms with van der Waals surface area (Å²) in [5, 5.41) is 5.67. The van der Waals surface area contributed by atoms with Crippen LogP contribution in [0.2, 0.25) is 0 Å². The Morgan fingerprint density at radius 3 is 2.93 bits per heavy atom. The summed E-state index contributed by atoms with van der Waals surface area (Å²) in [5.41, 5.74) is -0.238. The van der Waals surface area contributed by atoms with Crippen molar-refractivity contribution in [2.75, 3.05) is 6.61 Å². The second-order valence-corrected chi connectivity index (χ2v) is 3.33. The van der Waals surface area contributed by atoms with Gasteiger partial charge in [-0.2, -0.15) is 5.10 Å². The third-order valence-electron chi connectivity index (χ3n) is 1.45. The third kappa shape index (κ3) is 3.01. The van der Waals surface area contributed by atoms with Gasteiger partial charge < -0.3 is 4.74 Å². The number of aromatic amines is 1. The second kappa shape index (κ2) is 4.55. The molecule has 0 fully saturated rings. The van der Waals surface area contributed by atoms with E-state index >= 15 is 0 Å². The molecule has 0 aliphatic carbocycles. The molecule has 0 atom stereocenters. The molecule has 0 radical (unpaired) electrons. The van der Waals surface area contributed by atoms with Crippen LogP contribution in [0.15, 0.2) is 17.1 Å². The Morgan fingerprint density at radius 1 is 1.64 bits per heavy atom. The zero-order chi connectivity index (χ0) is 10.6. The summed E-state index contributed by atoms with van der Waals surface area (Å²) in [6.45, 7) is 4.21. The van der Waals surface area contributed by atoms with Gasteiger partial charge in [0, 0.05) is 6.07 Å². The van der Waals surface area contributed by atoms with Crippen molar-refractivity contribution in [3.63, 3.8) is 0 Å². The van der Waals surface area contributed by atoms with Gasteiger partial charge in [0.1, 0.15) is 0 Å². The summed E-state index contributed by atoms with van der Waals surface area (Å²) >= 11 is 0. The Labute approximate surface area is 81.1 Å². The van der Waals surface area contributed by atoms with E-state index in [1.54, 1.807) is 0 Å². The van der Waals surface area contributed by atoms with Crippen molar-refractivity contribution >= 4 is 5.97 Å². The lowest BCUT2D eigenvalue weighted by molar-refractivity contribution is 0.0458. The van der Waals surface area contributed by atoms with E-state index in [1.165, 1.54) is 6.20 Å². The summed E-state index contributed by atoms with van der Waals surface area (Å²) in [7, 11) is 0. The van der Waals surface area contributed by atoms with E-state index in [0.29, 0.717) is 6.61 Å². The zero-order valence-corrected chi connectivity index (χ0v) is 8.11. The van der Waals surface area contributed by atoms with E-state index in [9.17, 15) is 9.59 Å². The molecule has 0 amide bonds. The highest BCUT2D eigenvalue weighted by Crippen LogP contribution is 1.99. The van der Waals surface area contributed by atoms with Crippen molar-refractivity contribution in [2.45, 2.75) is 13.8 Å². The minimum absolute atomic E-state index is 0.175. The fourth-order valence-corrected chi connectivity index (χ4v) is 0.814. The smallest absolute Gasteiger partial charge is 0.339 e. The van der Waals surface area contributed by atoms with E-state index in [1.807, 2.05) is 13.8 Å². The van der Waals surface area contributed by atoms with Gasteiger partial charge in [0.15, 0.2) is 0 Å². The standard InChI is InChI=1S/C9H12N2O3/c1-6(2)5-14-9(13)7-3-8(12)11-10-4-7/h3-4,6H,5H2,1-2H3,(H,11,12). The minimum Gasteiger partial charge on any atom is -0.462 e. The predicted octanol–water partition coefficient (Wildman–Crippen LogP) is 0.583. The van der Waals surface area contributed by atoms with E-state index in [-0.39, 0.29) is 11.5 Å². The molecule has 14 heavy (non-hydrogen) atoms. The number of esters is 1. The van der Waals surface area contributed by atoms with Crippen LogP contribution in [0.3, 0.4) is 0 Å². The van der Waals surface area contributed by atoms with Gasteiger partial charge in [-0.1, -0.05) is 13.8 Å². The molecule has 0 saturated carbocycles. The molecule has 1 rings (SSSR count). The number of aromatic nitrogens is 2. The first-order chi connectivity index (χ1) is 6.59. The van der Waals surface area contributed by atoms with E-state index in [2.05, 4.69) is 10.2 Å². The van der Waals surface area contributed by atoms with Crippen molar-refractivity contribution < 1.29 is 9.53 Å². The Balaban J connectivity index is 2.65. The summed E-state index contributed by atoms with van der Waals surface area (Å²) in [6, 6.07) is 1.16. The number of carbonyl (C=O) groups is 1. The maximum Gasteiger partial charge on any atom is 0.339 e. The van der Waals surface area contributed by atoms with E-state index < -0.39 is 11.5 Å². The summed E-state index contributed by atoms with van der Waals surface area (Å²) in [4.78, 5) is 22.1. The molecule has 0 aromatic carbocycles. The molecular formula is C9H12N2O3. The van der Waals surface area contributed by atoms with Crippen LogP contribution in [0.1, 0.15) is 24.2 Å². The number of nitrogens with one attached hydrogen (secondary N) is 1. The van der Waals surface area contributed by atoms with Crippen molar-refractivity contribution in [3.8, 4) is 0 Å². The van der Waals surface area contributed by atoms with Crippen LogP contribution in [-0.2, 0) is 4.74 Å². The molecule has 1 heterocycles. The van der Waals surface area contributed by atoms with Gasteiger partial charge in [0.25, 0.3) is 5.56 Å². The van der Waals surface area contributed by atoms with Crippen molar-refractivity contribution in [3.05, 3.63) is 28.2 Å². The fraction of sp³-hybridized carbons (Fsp3) is 0.444. The molecule has 1 N–H and O–H groups in total. The van der Waals surface area contributed by atoms with Crippen LogP contribution in [0, 0.1) is 5.92 Å². The maximum atomic E-state index is 11.3. The Bertz CT molecular complexity index is 370. The van der Waals surface area contributed by atoms with E-state index in [0.717, 1.165) is 6.07 Å². The van der Waals surface area contributed by atoms with Crippen molar-refractivity contribution in [1.82, 2.24) is 10.2 Å². The highest BCUT2D eigenvalue weighted by molar-refractivity contribution is 5.88. The monoisotopic (exact) mass is 196 g/mol. The van der Waals surface area contributed by atoms with Crippen LogP contribution in [-0.4, -0.2) is 22.8 Å². The Morgan fingerprint density at radius 2 is 2.36 bits per heavy atom. The van der Waals surface area contributed by atoms with Crippen LogP contribution < -0.4 is 5.56 Å². The molecule has 0 unspecified atom stereocenters. The highest BCUT2D eigenvalue weighted by Gasteiger charge is 2.08. The van der Waals surface area contributed by atoms with Gasteiger partial charge in [-0.3, -0.25) is 4.79 Å². The fourth-order valence-electron chi connectivity index (χ4n) is 0.814. The quantitative estimate of drug-likeness (QED) is 0.718. The van der Waals surface area contributed by atoms with Crippen molar-refractivity contribution in [1.29, 1.82) is 0 Å². The first-order valence-electron chi connectivity index (χ1n) is 4.31. The lowest BCUT2D eigenvalue weighted by Gasteiger charge is -2.05. The number of rotatable bonds is 3. The predicted molar refractivity (Wildman–Crippen MR) is 50.0 cm³/mol. The van der Waals surface area contributed by atoms with Crippen LogP contribution in [0.4, 0.5) is 0 Å². The maximum absolute atomic E-state index is 11.3. The molecule has 0 spiro atoms. The topological polar surface area (TPSA) is 72.0 Å². The Hall–Kier alpha value is -1.65. The van der Waals surface area contributed by atoms with Gasteiger partial charge in [0.05, 0.1) is 18.4 Å². The normalized spacial score (nSPS) is 10.2. The first-order valence-corrected chi connectivity index (χ1v) is 4.31. The molecule has 5 heteroatoms. The number of hydrogen-bond donors (Lipinski definition) is 1. The largest absolute Gasteiger partial charge is 0.462 e. The van der Waals surface area contributed by atoms with Crippen LogP contribution in [0.25, 0.3) is 0 Å². The molecule has 1 aromatic rings. The number of H-pyrrole nitrogens is 1. The number of hydrogen-bond acceptors (Lipinski definition) is 4. The first kappa shape index (κ1) is 10.4. The average molecular weight is 196 g/mol. The molecule has 76 valence electrons. The second-order valence-electron chi connectivity index (χ2n) is 3.33. The van der Waals surface area contributed by atoms with Gasteiger partial charge in [0.2, 0.25) is 0 Å². The van der Waals surface area contributed by atoms with Gasteiger partial charge in [-0.05, 0) is 5.92 Å². The third-order valence-corrected chi connectivity index (χ3v) is 1.45. The molecule has 0 aliphatic heterocycles. The minimum atomic E-state index is -0.516. The van der Waals surface area contributed by atoms with E-state index in [4.69, 9.17) is 4.74 Å².